The van der Waals surface area contributed by atoms with E-state index in [9.17, 15) is 0 Å². The fraction of sp³-hybridized carbons (Fsp3) is 1.00. The summed E-state index contributed by atoms with van der Waals surface area (Å²) in [6.07, 6.45) is 28.1. The van der Waals surface area contributed by atoms with Crippen molar-refractivity contribution in [3.05, 3.63) is 0 Å². The zero-order chi connectivity index (χ0) is 23.7. The van der Waals surface area contributed by atoms with Crippen LogP contribution in [0, 0.1) is 0 Å². The standard InChI is InChI=1S/C30H56N3P/c1-24(2)31(25(3)4)29-30(22-14-15-23-30)33(28-20-12-7-13-21-28)34(29)32(26-16-8-5-9-17-26)27-18-10-6-11-19-27/h24-29H,5-23H2,1-4H3. The second-order valence-electron chi connectivity index (χ2n) is 13.2. The highest BCUT2D eigenvalue weighted by Gasteiger charge is 2.67. The first-order valence-electron chi connectivity index (χ1n) is 15.7. The molecule has 2 unspecified atom stereocenters. The summed E-state index contributed by atoms with van der Waals surface area (Å²) in [7, 11) is -0.228. The summed E-state index contributed by atoms with van der Waals surface area (Å²) >= 11 is 0. The highest BCUT2D eigenvalue weighted by atomic mass is 31.1. The Hall–Kier alpha value is 0.310. The first-order chi connectivity index (χ1) is 16.5. The first kappa shape index (κ1) is 25.9. The van der Waals surface area contributed by atoms with E-state index in [1.54, 1.807) is 0 Å². The Morgan fingerprint density at radius 1 is 0.618 bits per heavy atom. The second kappa shape index (κ2) is 11.4. The van der Waals surface area contributed by atoms with E-state index in [0.717, 1.165) is 23.9 Å². The van der Waals surface area contributed by atoms with Gasteiger partial charge in [-0.05, 0) is 79.1 Å². The van der Waals surface area contributed by atoms with Crippen LogP contribution in [0.5, 0.6) is 0 Å². The van der Waals surface area contributed by atoms with Gasteiger partial charge in [0.05, 0.1) is 14.0 Å². The Bertz CT molecular complexity index is 601. The Morgan fingerprint density at radius 3 is 1.50 bits per heavy atom. The molecule has 4 saturated carbocycles. The maximum absolute atomic E-state index is 3.32. The van der Waals surface area contributed by atoms with Gasteiger partial charge in [-0.1, -0.05) is 70.6 Å². The van der Waals surface area contributed by atoms with Crippen molar-refractivity contribution in [1.82, 2.24) is 14.2 Å². The van der Waals surface area contributed by atoms with Crippen LogP contribution in [0.1, 0.15) is 150 Å². The van der Waals surface area contributed by atoms with Crippen LogP contribution >= 0.6 is 8.22 Å². The summed E-state index contributed by atoms with van der Waals surface area (Å²) in [5, 5.41) is 0. The van der Waals surface area contributed by atoms with Crippen molar-refractivity contribution in [2.24, 2.45) is 0 Å². The summed E-state index contributed by atoms with van der Waals surface area (Å²) in [5.74, 6) is 0.802. The summed E-state index contributed by atoms with van der Waals surface area (Å²) in [4.78, 5) is 3.04. The fourth-order valence-corrected chi connectivity index (χ4v) is 13.6. The molecule has 5 fully saturated rings. The number of rotatable bonds is 7. The average molecular weight is 490 g/mol. The minimum Gasteiger partial charge on any atom is -0.288 e. The molecule has 5 aliphatic rings. The molecule has 1 saturated heterocycles. The van der Waals surface area contributed by atoms with Gasteiger partial charge in [-0.3, -0.25) is 14.2 Å². The van der Waals surface area contributed by atoms with Gasteiger partial charge in [0.1, 0.15) is 0 Å². The van der Waals surface area contributed by atoms with Crippen LogP contribution in [0.3, 0.4) is 0 Å². The molecule has 0 bridgehead atoms. The van der Waals surface area contributed by atoms with Crippen molar-refractivity contribution in [3.63, 3.8) is 0 Å². The predicted octanol–water partition coefficient (Wildman–Crippen LogP) is 8.67. The van der Waals surface area contributed by atoms with E-state index >= 15 is 0 Å². The largest absolute Gasteiger partial charge is 0.288 e. The number of nitrogens with zero attached hydrogens (tertiary/aromatic N) is 3. The fourth-order valence-electron chi connectivity index (χ4n) is 9.05. The molecule has 4 heteroatoms. The lowest BCUT2D eigenvalue weighted by molar-refractivity contribution is -0.0287. The van der Waals surface area contributed by atoms with Gasteiger partial charge in [0, 0.05) is 35.7 Å². The smallest absolute Gasteiger partial charge is 0.0765 e. The molecule has 196 valence electrons. The van der Waals surface area contributed by atoms with E-state index in [2.05, 4.69) is 41.9 Å². The van der Waals surface area contributed by atoms with Gasteiger partial charge < -0.3 is 0 Å². The zero-order valence-corrected chi connectivity index (χ0v) is 24.1. The van der Waals surface area contributed by atoms with E-state index in [-0.39, 0.29) is 8.22 Å². The summed E-state index contributed by atoms with van der Waals surface area (Å²) < 4.78 is 6.63. The maximum atomic E-state index is 3.32. The van der Waals surface area contributed by atoms with Gasteiger partial charge in [0.2, 0.25) is 0 Å². The van der Waals surface area contributed by atoms with E-state index in [1.807, 2.05) is 0 Å². The lowest BCUT2D eigenvalue weighted by Crippen LogP contribution is -2.75. The predicted molar refractivity (Wildman–Crippen MR) is 148 cm³/mol. The van der Waals surface area contributed by atoms with Crippen molar-refractivity contribution in [2.45, 2.75) is 191 Å². The van der Waals surface area contributed by atoms with Gasteiger partial charge in [-0.25, -0.2) is 0 Å². The van der Waals surface area contributed by atoms with E-state index < -0.39 is 0 Å². The molecule has 4 aliphatic carbocycles. The molecular formula is C30H56N3P. The SMILES string of the molecule is CC(C)N(C(C)C)C1P(N(C2CCCCC2)C2CCCCC2)N(C2CCCCC2)C12CCCC2. The van der Waals surface area contributed by atoms with Crippen LogP contribution in [0.4, 0.5) is 0 Å². The molecule has 5 rings (SSSR count). The van der Waals surface area contributed by atoms with Gasteiger partial charge >= 0.3 is 0 Å². The van der Waals surface area contributed by atoms with Crippen molar-refractivity contribution < 1.29 is 0 Å². The highest BCUT2D eigenvalue weighted by Crippen LogP contribution is 2.74. The zero-order valence-electron chi connectivity index (χ0n) is 23.2. The minimum absolute atomic E-state index is 0.228. The van der Waals surface area contributed by atoms with E-state index in [4.69, 9.17) is 0 Å². The van der Waals surface area contributed by atoms with Crippen LogP contribution in [-0.4, -0.2) is 55.8 Å². The molecule has 1 aliphatic heterocycles. The van der Waals surface area contributed by atoms with Gasteiger partial charge in [-0.2, -0.15) is 0 Å². The van der Waals surface area contributed by atoms with Gasteiger partial charge in [0.15, 0.2) is 0 Å². The molecule has 3 nitrogen and oxygen atoms in total. The van der Waals surface area contributed by atoms with E-state index in [1.165, 1.54) is 122 Å². The summed E-state index contributed by atoms with van der Waals surface area (Å²) in [6, 6.07) is 3.93. The summed E-state index contributed by atoms with van der Waals surface area (Å²) in [6.45, 7) is 10.0. The molecule has 1 spiro atoms. The van der Waals surface area contributed by atoms with Crippen molar-refractivity contribution in [3.8, 4) is 0 Å². The average Bonchev–Trinajstić information content (AvgIpc) is 3.36. The first-order valence-corrected chi connectivity index (χ1v) is 17.0. The Morgan fingerprint density at radius 2 is 1.06 bits per heavy atom. The van der Waals surface area contributed by atoms with Crippen LogP contribution in [-0.2, 0) is 0 Å². The van der Waals surface area contributed by atoms with Gasteiger partial charge in [-0.15, -0.1) is 0 Å². The highest BCUT2D eigenvalue weighted by molar-refractivity contribution is 7.55. The Kier molecular flexibility index (Phi) is 8.67. The third kappa shape index (κ3) is 4.79. The molecule has 0 amide bonds. The molecule has 0 radical (unpaired) electrons. The van der Waals surface area contributed by atoms with Crippen LogP contribution in [0.25, 0.3) is 0 Å². The molecule has 0 aromatic rings. The quantitative estimate of drug-likeness (QED) is 0.331. The molecule has 0 N–H and O–H groups in total. The Labute approximate surface area is 213 Å². The van der Waals surface area contributed by atoms with Crippen LogP contribution < -0.4 is 0 Å². The molecule has 0 aromatic heterocycles. The Balaban J connectivity index is 1.56. The molecule has 0 aromatic carbocycles. The normalized spacial score (nSPS) is 32.5. The maximum Gasteiger partial charge on any atom is 0.0765 e. The van der Waals surface area contributed by atoms with Gasteiger partial charge in [0.25, 0.3) is 0 Å². The lowest BCUT2D eigenvalue weighted by atomic mass is 9.88. The molecule has 34 heavy (non-hydrogen) atoms. The van der Waals surface area contributed by atoms with Crippen molar-refractivity contribution in [2.75, 3.05) is 0 Å². The monoisotopic (exact) mass is 489 g/mol. The minimum atomic E-state index is -0.228. The number of hydrogen-bond donors (Lipinski definition) is 0. The van der Waals surface area contributed by atoms with Crippen LogP contribution in [0.2, 0.25) is 0 Å². The lowest BCUT2D eigenvalue weighted by Gasteiger charge is -2.72. The second-order valence-corrected chi connectivity index (χ2v) is 15.3. The van der Waals surface area contributed by atoms with Crippen molar-refractivity contribution >= 4 is 8.22 Å². The van der Waals surface area contributed by atoms with Crippen molar-refractivity contribution in [1.29, 1.82) is 0 Å². The van der Waals surface area contributed by atoms with E-state index in [0.29, 0.717) is 17.6 Å². The molecule has 1 heterocycles. The number of hydrogen-bond acceptors (Lipinski definition) is 3. The molecule has 2 atom stereocenters. The van der Waals surface area contributed by atoms with Crippen LogP contribution in [0.15, 0.2) is 0 Å². The third-order valence-corrected chi connectivity index (χ3v) is 13.9. The third-order valence-electron chi connectivity index (χ3n) is 10.4. The summed E-state index contributed by atoms with van der Waals surface area (Å²) in [5.41, 5.74) is 0.490. The topological polar surface area (TPSA) is 9.72 Å². The molecular weight excluding hydrogens is 433 g/mol.